The van der Waals surface area contributed by atoms with Crippen molar-refractivity contribution in [3.63, 3.8) is 0 Å². The van der Waals surface area contributed by atoms with E-state index in [1.54, 1.807) is 9.36 Å². The minimum absolute atomic E-state index is 0.0653. The average Bonchev–Trinajstić information content (AvgIpc) is 2.89. The van der Waals surface area contributed by atoms with E-state index in [0.717, 1.165) is 11.3 Å². The predicted molar refractivity (Wildman–Crippen MR) is 78.5 cm³/mol. The number of nitrogens with one attached hydrogen (secondary N) is 2. The minimum atomic E-state index is -0.244. The highest BCUT2D eigenvalue weighted by Crippen LogP contribution is 2.36. The van der Waals surface area contributed by atoms with E-state index in [1.807, 2.05) is 34.0 Å². The molecule has 112 valence electrons. The summed E-state index contributed by atoms with van der Waals surface area (Å²) in [4.78, 5) is 24.4. The molecule has 0 aromatic carbocycles. The number of nitrogens with zero attached hydrogens (tertiary/aromatic N) is 3. The largest absolute Gasteiger partial charge is 0.311 e. The molecule has 0 radical (unpaired) electrons. The highest BCUT2D eigenvalue weighted by atomic mass is 16.2. The number of hydrogen-bond donors (Lipinski definition) is 2. The lowest BCUT2D eigenvalue weighted by Gasteiger charge is -2.23. The lowest BCUT2D eigenvalue weighted by molar-refractivity contribution is -0.116. The first-order valence-corrected chi connectivity index (χ1v) is 7.03. The van der Waals surface area contributed by atoms with Crippen LogP contribution in [0.1, 0.15) is 49.0 Å². The number of anilines is 1. The zero-order chi connectivity index (χ0) is 15.3. The van der Waals surface area contributed by atoms with E-state index in [2.05, 4.69) is 15.5 Å². The predicted octanol–water partition coefficient (Wildman–Crippen LogP) is 1.27. The molecule has 0 spiro atoms. The van der Waals surface area contributed by atoms with Crippen LogP contribution >= 0.6 is 0 Å². The normalized spacial score (nSPS) is 18.0. The number of amides is 1. The summed E-state index contributed by atoms with van der Waals surface area (Å²) in [6.45, 7) is 5.82. The number of rotatable bonds is 2. The third-order valence-corrected chi connectivity index (χ3v) is 3.90. The fourth-order valence-corrected chi connectivity index (χ4v) is 3.00. The van der Waals surface area contributed by atoms with Crippen LogP contribution in [0.5, 0.6) is 0 Å². The highest BCUT2D eigenvalue weighted by molar-refractivity contribution is 5.94. The second kappa shape index (κ2) is 4.61. The van der Waals surface area contributed by atoms with Crippen molar-refractivity contribution in [2.24, 2.45) is 7.05 Å². The molecule has 0 aliphatic carbocycles. The molecule has 3 rings (SSSR count). The number of hydrogen-bond acceptors (Lipinski definition) is 3. The summed E-state index contributed by atoms with van der Waals surface area (Å²) in [6, 6.07) is 0.0653. The van der Waals surface area contributed by atoms with Crippen molar-refractivity contribution in [1.29, 1.82) is 0 Å². The summed E-state index contributed by atoms with van der Waals surface area (Å²) in [5.41, 5.74) is 2.26. The van der Waals surface area contributed by atoms with Gasteiger partial charge in [0.15, 0.2) is 0 Å². The molecule has 0 saturated heterocycles. The second-order valence-electron chi connectivity index (χ2n) is 5.82. The summed E-state index contributed by atoms with van der Waals surface area (Å²) < 4.78 is 3.43. The standard InChI is InChI=1S/C14H19N5O2/c1-7(2)19-13-12(14(21)17-19)9(5-11(20)15-13)10-6-18(4)16-8(10)3/h6-7,9H,5H2,1-4H3,(H,15,20)(H,17,21). The Morgan fingerprint density at radius 1 is 1.38 bits per heavy atom. The topological polar surface area (TPSA) is 84.7 Å². The van der Waals surface area contributed by atoms with Gasteiger partial charge in [0.25, 0.3) is 5.56 Å². The number of H-pyrrole nitrogens is 1. The fourth-order valence-electron chi connectivity index (χ4n) is 3.00. The molecule has 2 aromatic heterocycles. The number of aryl methyl sites for hydroxylation is 2. The maximum absolute atomic E-state index is 12.3. The first-order valence-electron chi connectivity index (χ1n) is 7.03. The SMILES string of the molecule is Cc1nn(C)cc1C1CC(=O)Nc2c1c(=O)[nH]n2C(C)C. The quantitative estimate of drug-likeness (QED) is 0.873. The van der Waals surface area contributed by atoms with Crippen LogP contribution in [0.4, 0.5) is 5.82 Å². The van der Waals surface area contributed by atoms with Gasteiger partial charge in [0.2, 0.25) is 5.91 Å². The van der Waals surface area contributed by atoms with Crippen molar-refractivity contribution in [3.05, 3.63) is 33.4 Å². The lowest BCUT2D eigenvalue weighted by atomic mass is 9.87. The fraction of sp³-hybridized carbons (Fsp3) is 0.500. The van der Waals surface area contributed by atoms with Crippen molar-refractivity contribution in [2.45, 2.75) is 39.2 Å². The Morgan fingerprint density at radius 2 is 2.10 bits per heavy atom. The third-order valence-electron chi connectivity index (χ3n) is 3.90. The van der Waals surface area contributed by atoms with Gasteiger partial charge in [-0.2, -0.15) is 5.10 Å². The van der Waals surface area contributed by atoms with E-state index in [0.29, 0.717) is 11.4 Å². The van der Waals surface area contributed by atoms with Gasteiger partial charge in [0.1, 0.15) is 5.82 Å². The molecule has 1 amide bonds. The average molecular weight is 289 g/mol. The molecule has 3 heterocycles. The minimum Gasteiger partial charge on any atom is -0.311 e. The number of aromatic nitrogens is 4. The Bertz CT molecular complexity index is 765. The first kappa shape index (κ1) is 13.7. The Kier molecular flexibility index (Phi) is 3.00. The highest BCUT2D eigenvalue weighted by Gasteiger charge is 2.34. The van der Waals surface area contributed by atoms with Gasteiger partial charge in [-0.3, -0.25) is 24.1 Å². The van der Waals surface area contributed by atoms with E-state index in [4.69, 9.17) is 0 Å². The molecular weight excluding hydrogens is 270 g/mol. The van der Waals surface area contributed by atoms with E-state index >= 15 is 0 Å². The summed E-state index contributed by atoms with van der Waals surface area (Å²) >= 11 is 0. The maximum Gasteiger partial charge on any atom is 0.270 e. The molecule has 0 bridgehead atoms. The number of aromatic amines is 1. The number of carbonyl (C=O) groups is 1. The molecule has 1 aliphatic heterocycles. The van der Waals surface area contributed by atoms with Crippen molar-refractivity contribution in [3.8, 4) is 0 Å². The molecule has 0 saturated carbocycles. The molecule has 2 N–H and O–H groups in total. The van der Waals surface area contributed by atoms with Crippen molar-refractivity contribution in [2.75, 3.05) is 5.32 Å². The molecule has 1 atom stereocenters. The molecule has 1 unspecified atom stereocenters. The van der Waals surface area contributed by atoms with E-state index < -0.39 is 0 Å². The van der Waals surface area contributed by atoms with Crippen LogP contribution in [0.2, 0.25) is 0 Å². The summed E-state index contributed by atoms with van der Waals surface area (Å²) in [7, 11) is 1.84. The Morgan fingerprint density at radius 3 is 2.67 bits per heavy atom. The molecule has 0 fully saturated rings. The molecule has 2 aromatic rings. The van der Waals surface area contributed by atoms with Crippen LogP contribution in [0, 0.1) is 6.92 Å². The van der Waals surface area contributed by atoms with Gasteiger partial charge < -0.3 is 5.32 Å². The smallest absolute Gasteiger partial charge is 0.270 e. The Labute approximate surface area is 121 Å². The van der Waals surface area contributed by atoms with Crippen molar-refractivity contribution < 1.29 is 4.79 Å². The molecule has 1 aliphatic rings. The molecule has 7 nitrogen and oxygen atoms in total. The molecule has 7 heteroatoms. The first-order chi connectivity index (χ1) is 9.88. The van der Waals surface area contributed by atoms with Gasteiger partial charge >= 0.3 is 0 Å². The number of carbonyl (C=O) groups excluding carboxylic acids is 1. The van der Waals surface area contributed by atoms with Gasteiger partial charge in [0.05, 0.1) is 11.3 Å². The molecular formula is C14H19N5O2. The third kappa shape index (κ3) is 2.09. The second-order valence-corrected chi connectivity index (χ2v) is 5.82. The monoisotopic (exact) mass is 289 g/mol. The van der Waals surface area contributed by atoms with Crippen molar-refractivity contribution >= 4 is 11.7 Å². The van der Waals surface area contributed by atoms with Gasteiger partial charge in [-0.1, -0.05) is 0 Å². The van der Waals surface area contributed by atoms with Crippen LogP contribution in [0.15, 0.2) is 11.0 Å². The lowest BCUT2D eigenvalue weighted by Crippen LogP contribution is -2.27. The number of fused-ring (bicyclic) bond motifs is 1. The zero-order valence-electron chi connectivity index (χ0n) is 12.6. The summed E-state index contributed by atoms with van der Waals surface area (Å²) in [6.07, 6.45) is 2.15. The Hall–Kier alpha value is -2.31. The Balaban J connectivity index is 2.21. The van der Waals surface area contributed by atoms with E-state index in [9.17, 15) is 9.59 Å². The van der Waals surface area contributed by atoms with Crippen LogP contribution in [0.25, 0.3) is 0 Å². The summed E-state index contributed by atoms with van der Waals surface area (Å²) in [5.74, 6) is 0.259. The zero-order valence-corrected chi connectivity index (χ0v) is 12.6. The van der Waals surface area contributed by atoms with Gasteiger partial charge in [-0.15, -0.1) is 0 Å². The van der Waals surface area contributed by atoms with Crippen molar-refractivity contribution in [1.82, 2.24) is 19.6 Å². The molecule has 21 heavy (non-hydrogen) atoms. The van der Waals surface area contributed by atoms with Crippen LogP contribution in [0.3, 0.4) is 0 Å². The maximum atomic E-state index is 12.3. The van der Waals surface area contributed by atoms with Gasteiger partial charge in [-0.05, 0) is 20.8 Å². The van der Waals surface area contributed by atoms with Gasteiger partial charge in [0, 0.05) is 37.2 Å². The van der Waals surface area contributed by atoms with Crippen LogP contribution in [-0.4, -0.2) is 25.5 Å². The summed E-state index contributed by atoms with van der Waals surface area (Å²) in [5, 5.41) is 9.96. The van der Waals surface area contributed by atoms with E-state index in [1.165, 1.54) is 0 Å². The van der Waals surface area contributed by atoms with Gasteiger partial charge in [-0.25, -0.2) is 0 Å². The van der Waals surface area contributed by atoms with E-state index in [-0.39, 0.29) is 29.8 Å². The van der Waals surface area contributed by atoms with Crippen LogP contribution in [-0.2, 0) is 11.8 Å². The van der Waals surface area contributed by atoms with Crippen LogP contribution < -0.4 is 10.9 Å².